The fourth-order valence-corrected chi connectivity index (χ4v) is 3.51. The van der Waals surface area contributed by atoms with Crippen molar-refractivity contribution in [3.8, 4) is 5.75 Å². The van der Waals surface area contributed by atoms with E-state index < -0.39 is 35.8 Å². The molecule has 0 aliphatic rings. The van der Waals surface area contributed by atoms with E-state index in [0.717, 1.165) is 5.56 Å². The summed E-state index contributed by atoms with van der Waals surface area (Å²) in [6.45, 7) is 0.463. The Bertz CT molecular complexity index is 1130. The summed E-state index contributed by atoms with van der Waals surface area (Å²) in [6, 6.07) is 11.1. The van der Waals surface area contributed by atoms with Crippen LogP contribution < -0.4 is 10.3 Å². The molecule has 0 fully saturated rings. The predicted octanol–water partition coefficient (Wildman–Crippen LogP) is 3.78. The molecule has 0 saturated heterocycles. The van der Waals surface area contributed by atoms with E-state index in [-0.39, 0.29) is 10.9 Å². The van der Waals surface area contributed by atoms with Crippen LogP contribution in [0, 0.1) is 0 Å². The summed E-state index contributed by atoms with van der Waals surface area (Å²) in [5.74, 6) is -2.03. The number of carbonyl (C=O) groups is 1. The molecule has 0 saturated carbocycles. The number of ether oxygens (including phenoxy) is 1. The summed E-state index contributed by atoms with van der Waals surface area (Å²) >= 11 is 0. The van der Waals surface area contributed by atoms with E-state index in [2.05, 4.69) is 0 Å². The number of nitrogens with zero attached hydrogens (tertiary/aromatic N) is 2. The number of aromatic nitrogens is 2. The van der Waals surface area contributed by atoms with Gasteiger partial charge in [-0.25, -0.2) is 4.79 Å². The van der Waals surface area contributed by atoms with E-state index in [4.69, 9.17) is 4.74 Å². The topological polar surface area (TPSA) is 73.5 Å². The average Bonchev–Trinajstić information content (AvgIpc) is 2.97. The highest BCUT2D eigenvalue weighted by Crippen LogP contribution is 2.32. The SMILES string of the molecule is CCc1cc2c(c(OCC(F)(F)F)c(C(=O)O)n2C)c(=O)n1CCc1ccccc1. The Labute approximate surface area is 170 Å². The Morgan fingerprint density at radius 1 is 1.20 bits per heavy atom. The van der Waals surface area contributed by atoms with Crippen molar-refractivity contribution in [2.24, 2.45) is 7.05 Å². The Kier molecular flexibility index (Phi) is 5.91. The quantitative estimate of drug-likeness (QED) is 0.629. The van der Waals surface area contributed by atoms with Crippen molar-refractivity contribution in [3.05, 3.63) is 63.7 Å². The van der Waals surface area contributed by atoms with Gasteiger partial charge in [-0.1, -0.05) is 37.3 Å². The molecular weight excluding hydrogens is 401 g/mol. The number of carboxylic acid groups (broad SMARTS) is 1. The molecule has 3 aromatic rings. The van der Waals surface area contributed by atoms with Crippen LogP contribution in [0.2, 0.25) is 0 Å². The number of pyridine rings is 1. The first-order valence-electron chi connectivity index (χ1n) is 9.36. The summed E-state index contributed by atoms with van der Waals surface area (Å²) in [4.78, 5) is 25.0. The van der Waals surface area contributed by atoms with E-state index >= 15 is 0 Å². The van der Waals surface area contributed by atoms with Crippen LogP contribution in [0.4, 0.5) is 13.2 Å². The zero-order valence-electron chi connectivity index (χ0n) is 16.5. The molecule has 6 nitrogen and oxygen atoms in total. The third-order valence-electron chi connectivity index (χ3n) is 4.92. The molecule has 0 radical (unpaired) electrons. The molecule has 0 spiro atoms. The molecule has 0 aliphatic heterocycles. The molecule has 0 amide bonds. The number of benzene rings is 1. The van der Waals surface area contributed by atoms with Gasteiger partial charge in [0.1, 0.15) is 5.39 Å². The predicted molar refractivity (Wildman–Crippen MR) is 105 cm³/mol. The van der Waals surface area contributed by atoms with Crippen LogP contribution >= 0.6 is 0 Å². The first kappa shape index (κ1) is 21.5. The highest BCUT2D eigenvalue weighted by molar-refractivity contribution is 6.00. The number of rotatable bonds is 7. The second-order valence-corrected chi connectivity index (χ2v) is 6.89. The minimum absolute atomic E-state index is 0.163. The van der Waals surface area contributed by atoms with E-state index in [9.17, 15) is 27.9 Å². The van der Waals surface area contributed by atoms with E-state index in [1.807, 2.05) is 37.3 Å². The first-order chi connectivity index (χ1) is 14.1. The lowest BCUT2D eigenvalue weighted by Gasteiger charge is -2.13. The smallest absolute Gasteiger partial charge is 0.422 e. The zero-order valence-corrected chi connectivity index (χ0v) is 16.5. The number of carboxylic acids is 1. The zero-order chi connectivity index (χ0) is 22.1. The summed E-state index contributed by atoms with van der Waals surface area (Å²) in [5, 5.41) is 9.36. The molecule has 0 unspecified atom stereocenters. The molecule has 9 heteroatoms. The highest BCUT2D eigenvalue weighted by Gasteiger charge is 2.32. The summed E-state index contributed by atoms with van der Waals surface area (Å²) in [5.41, 5.74) is 0.819. The minimum Gasteiger partial charge on any atom is -0.481 e. The Balaban J connectivity index is 2.17. The van der Waals surface area contributed by atoms with E-state index in [0.29, 0.717) is 25.1 Å². The second-order valence-electron chi connectivity index (χ2n) is 6.89. The molecule has 2 heterocycles. The van der Waals surface area contributed by atoms with Crippen LogP contribution in [0.25, 0.3) is 10.9 Å². The molecule has 30 heavy (non-hydrogen) atoms. The lowest BCUT2D eigenvalue weighted by atomic mass is 10.1. The van der Waals surface area contributed by atoms with Gasteiger partial charge in [-0.2, -0.15) is 13.2 Å². The fraction of sp³-hybridized carbons (Fsp3) is 0.333. The van der Waals surface area contributed by atoms with Gasteiger partial charge in [-0.05, 0) is 24.5 Å². The van der Waals surface area contributed by atoms with E-state index in [1.54, 1.807) is 6.07 Å². The maximum absolute atomic E-state index is 13.3. The summed E-state index contributed by atoms with van der Waals surface area (Å²) in [6.07, 6.45) is -3.64. The normalized spacial score (nSPS) is 11.8. The lowest BCUT2D eigenvalue weighted by molar-refractivity contribution is -0.153. The number of alkyl halides is 3. The average molecular weight is 422 g/mol. The summed E-state index contributed by atoms with van der Waals surface area (Å²) in [7, 11) is 1.39. The van der Waals surface area contributed by atoms with Gasteiger partial charge in [-0.3, -0.25) is 4.79 Å². The van der Waals surface area contributed by atoms with Gasteiger partial charge in [0.05, 0.1) is 5.52 Å². The van der Waals surface area contributed by atoms with Crippen LogP contribution in [-0.4, -0.2) is 33.0 Å². The largest absolute Gasteiger partial charge is 0.481 e. The van der Waals surface area contributed by atoms with Gasteiger partial charge >= 0.3 is 12.1 Å². The minimum atomic E-state index is -4.67. The van der Waals surface area contributed by atoms with Crippen LogP contribution in [0.3, 0.4) is 0 Å². The molecule has 1 N–H and O–H groups in total. The molecule has 1 aromatic carbocycles. The maximum Gasteiger partial charge on any atom is 0.422 e. The molecular formula is C21H21F3N2O4. The molecule has 160 valence electrons. The standard InChI is InChI=1S/C21H21F3N2O4/c1-3-14-11-15-16(19(27)26(14)10-9-13-7-5-4-6-8-13)18(30-12-21(22,23)24)17(20(28)29)25(15)2/h4-8,11H,3,9-10,12H2,1-2H3,(H,28,29). The van der Waals surface area contributed by atoms with Gasteiger partial charge in [0, 0.05) is 19.3 Å². The van der Waals surface area contributed by atoms with Crippen molar-refractivity contribution < 1.29 is 27.8 Å². The van der Waals surface area contributed by atoms with Gasteiger partial charge in [-0.15, -0.1) is 0 Å². The molecule has 3 rings (SSSR count). The van der Waals surface area contributed by atoms with Crippen LogP contribution in [-0.2, 0) is 26.4 Å². The Morgan fingerprint density at radius 3 is 2.43 bits per heavy atom. The van der Waals surface area contributed by atoms with Crippen molar-refractivity contribution in [3.63, 3.8) is 0 Å². The monoisotopic (exact) mass is 422 g/mol. The molecule has 0 atom stereocenters. The third kappa shape index (κ3) is 4.19. The van der Waals surface area contributed by atoms with Crippen molar-refractivity contribution in [2.45, 2.75) is 32.5 Å². The number of fused-ring (bicyclic) bond motifs is 1. The molecule has 0 aliphatic carbocycles. The van der Waals surface area contributed by atoms with Crippen LogP contribution in [0.15, 0.2) is 41.2 Å². The second kappa shape index (κ2) is 8.25. The molecule has 0 bridgehead atoms. The number of halogens is 3. The maximum atomic E-state index is 13.3. The van der Waals surface area contributed by atoms with Gasteiger partial charge in [0.2, 0.25) is 0 Å². The van der Waals surface area contributed by atoms with Gasteiger partial charge in [0.25, 0.3) is 5.56 Å². The number of hydrogen-bond acceptors (Lipinski definition) is 3. The third-order valence-corrected chi connectivity index (χ3v) is 4.92. The number of hydrogen-bond donors (Lipinski definition) is 1. The van der Waals surface area contributed by atoms with Crippen molar-refractivity contribution in [1.29, 1.82) is 0 Å². The van der Waals surface area contributed by atoms with Crippen LogP contribution in [0.1, 0.15) is 28.7 Å². The van der Waals surface area contributed by atoms with E-state index in [1.165, 1.54) is 16.2 Å². The molecule has 2 aromatic heterocycles. The van der Waals surface area contributed by atoms with Crippen molar-refractivity contribution in [1.82, 2.24) is 9.13 Å². The number of aromatic carboxylic acids is 1. The Hall–Kier alpha value is -3.23. The van der Waals surface area contributed by atoms with Crippen molar-refractivity contribution >= 4 is 16.9 Å². The Morgan fingerprint density at radius 2 is 1.87 bits per heavy atom. The number of aryl methyl sites for hydroxylation is 3. The van der Waals surface area contributed by atoms with Gasteiger partial charge < -0.3 is 19.0 Å². The first-order valence-corrected chi connectivity index (χ1v) is 9.36. The summed E-state index contributed by atoms with van der Waals surface area (Å²) < 4.78 is 45.7. The lowest BCUT2D eigenvalue weighted by Crippen LogP contribution is -2.25. The highest BCUT2D eigenvalue weighted by atomic mass is 19.4. The van der Waals surface area contributed by atoms with Gasteiger partial charge in [0.15, 0.2) is 18.1 Å². The van der Waals surface area contributed by atoms with Crippen LogP contribution in [0.5, 0.6) is 5.75 Å². The fourth-order valence-electron chi connectivity index (χ4n) is 3.51. The van der Waals surface area contributed by atoms with Crippen molar-refractivity contribution in [2.75, 3.05) is 6.61 Å².